The second-order valence-electron chi connectivity index (χ2n) is 4.53. The Labute approximate surface area is 134 Å². The van der Waals surface area contributed by atoms with E-state index in [4.69, 9.17) is 4.74 Å². The van der Waals surface area contributed by atoms with E-state index in [0.717, 1.165) is 28.0 Å². The summed E-state index contributed by atoms with van der Waals surface area (Å²) in [6, 6.07) is 17.5. The summed E-state index contributed by atoms with van der Waals surface area (Å²) in [5, 5.41) is 13.5. The quantitative estimate of drug-likeness (QED) is 0.784. The molecular formula is C17H14ClN3O. The van der Waals surface area contributed by atoms with Gasteiger partial charge in [0.2, 0.25) is 0 Å². The van der Waals surface area contributed by atoms with Gasteiger partial charge < -0.3 is 10.1 Å². The second kappa shape index (κ2) is 6.79. The molecule has 0 aliphatic heterocycles. The van der Waals surface area contributed by atoms with Gasteiger partial charge in [-0.1, -0.05) is 18.2 Å². The third kappa shape index (κ3) is 2.95. The third-order valence-electron chi connectivity index (χ3n) is 3.26. The number of halogens is 1. The minimum absolute atomic E-state index is 0. The molecule has 110 valence electrons. The van der Waals surface area contributed by atoms with Gasteiger partial charge in [-0.2, -0.15) is 5.26 Å². The Morgan fingerprint density at radius 2 is 1.82 bits per heavy atom. The summed E-state index contributed by atoms with van der Waals surface area (Å²) < 4.78 is 5.14. The normalized spacial score (nSPS) is 9.64. The van der Waals surface area contributed by atoms with E-state index in [2.05, 4.69) is 16.4 Å². The van der Waals surface area contributed by atoms with Crippen molar-refractivity contribution in [2.75, 3.05) is 12.4 Å². The van der Waals surface area contributed by atoms with Crippen LogP contribution in [-0.2, 0) is 0 Å². The van der Waals surface area contributed by atoms with Gasteiger partial charge in [-0.25, -0.2) is 0 Å². The van der Waals surface area contributed by atoms with Gasteiger partial charge in [0, 0.05) is 17.3 Å². The van der Waals surface area contributed by atoms with Crippen LogP contribution >= 0.6 is 12.4 Å². The maximum atomic E-state index is 9.29. The first-order valence-corrected chi connectivity index (χ1v) is 6.51. The van der Waals surface area contributed by atoms with Crippen LogP contribution in [0.1, 0.15) is 5.56 Å². The van der Waals surface area contributed by atoms with Crippen molar-refractivity contribution in [3.05, 3.63) is 60.3 Å². The van der Waals surface area contributed by atoms with Crippen molar-refractivity contribution in [2.24, 2.45) is 0 Å². The van der Waals surface area contributed by atoms with Crippen molar-refractivity contribution >= 4 is 34.7 Å². The van der Waals surface area contributed by atoms with E-state index in [1.807, 2.05) is 48.5 Å². The monoisotopic (exact) mass is 311 g/mol. The minimum Gasteiger partial charge on any atom is -0.497 e. The molecule has 0 aliphatic rings. The highest BCUT2D eigenvalue weighted by atomic mass is 35.5. The Morgan fingerprint density at radius 1 is 1.09 bits per heavy atom. The van der Waals surface area contributed by atoms with E-state index in [9.17, 15) is 5.26 Å². The van der Waals surface area contributed by atoms with Crippen molar-refractivity contribution in [3.63, 3.8) is 0 Å². The van der Waals surface area contributed by atoms with Gasteiger partial charge >= 0.3 is 0 Å². The number of ether oxygens (including phenoxy) is 1. The van der Waals surface area contributed by atoms with E-state index in [-0.39, 0.29) is 12.4 Å². The smallest absolute Gasteiger partial charge is 0.119 e. The van der Waals surface area contributed by atoms with Gasteiger partial charge in [0.25, 0.3) is 0 Å². The molecule has 1 heterocycles. The number of nitrogens with one attached hydrogen (secondary N) is 1. The molecule has 0 saturated carbocycles. The summed E-state index contributed by atoms with van der Waals surface area (Å²) in [5.74, 6) is 0.792. The standard InChI is InChI=1S/C17H13N3O.ClH/c1-21-14-8-6-13(7-9-14)20-17-12(10-18)11-19-16-5-3-2-4-15(16)17;/h2-9,11H,1H3,(H,19,20);1H. The number of anilines is 2. The van der Waals surface area contributed by atoms with Gasteiger partial charge in [0.15, 0.2) is 0 Å². The largest absolute Gasteiger partial charge is 0.497 e. The fraction of sp³-hybridized carbons (Fsp3) is 0.0588. The lowest BCUT2D eigenvalue weighted by Gasteiger charge is -2.11. The molecule has 0 atom stereocenters. The highest BCUT2D eigenvalue weighted by Gasteiger charge is 2.08. The molecule has 4 nitrogen and oxygen atoms in total. The molecule has 0 amide bonds. The first-order valence-electron chi connectivity index (χ1n) is 6.51. The maximum Gasteiger partial charge on any atom is 0.119 e. The van der Waals surface area contributed by atoms with Crippen LogP contribution in [0.3, 0.4) is 0 Å². The Balaban J connectivity index is 0.00000176. The third-order valence-corrected chi connectivity index (χ3v) is 3.26. The summed E-state index contributed by atoms with van der Waals surface area (Å²) in [5.41, 5.74) is 3.04. The Hall–Kier alpha value is -2.77. The number of nitriles is 1. The second-order valence-corrected chi connectivity index (χ2v) is 4.53. The number of hydrogen-bond donors (Lipinski definition) is 1. The lowest BCUT2D eigenvalue weighted by Crippen LogP contribution is -1.96. The van der Waals surface area contributed by atoms with Crippen molar-refractivity contribution in [1.82, 2.24) is 4.98 Å². The van der Waals surface area contributed by atoms with Crippen LogP contribution in [0.2, 0.25) is 0 Å². The molecule has 0 fully saturated rings. The molecule has 2 aromatic carbocycles. The van der Waals surface area contributed by atoms with Crippen molar-refractivity contribution in [1.29, 1.82) is 5.26 Å². The molecule has 5 heteroatoms. The summed E-state index contributed by atoms with van der Waals surface area (Å²) >= 11 is 0. The Morgan fingerprint density at radius 3 is 2.50 bits per heavy atom. The molecule has 3 aromatic rings. The van der Waals surface area contributed by atoms with Crippen LogP contribution < -0.4 is 10.1 Å². The molecule has 22 heavy (non-hydrogen) atoms. The number of fused-ring (bicyclic) bond motifs is 1. The number of para-hydroxylation sites is 1. The van der Waals surface area contributed by atoms with Crippen molar-refractivity contribution < 1.29 is 4.74 Å². The Kier molecular flexibility index (Phi) is 4.82. The number of pyridine rings is 1. The number of methoxy groups -OCH3 is 1. The molecule has 3 rings (SSSR count). The first kappa shape index (κ1) is 15.6. The van der Waals surface area contributed by atoms with Crippen LogP contribution in [0.5, 0.6) is 5.75 Å². The van der Waals surface area contributed by atoms with Gasteiger partial charge in [0.05, 0.1) is 23.9 Å². The molecule has 0 bridgehead atoms. The topological polar surface area (TPSA) is 57.9 Å². The molecule has 0 spiro atoms. The molecule has 0 unspecified atom stereocenters. The maximum absolute atomic E-state index is 9.29. The zero-order valence-corrected chi connectivity index (χ0v) is 12.7. The molecule has 1 aromatic heterocycles. The van der Waals surface area contributed by atoms with Crippen LogP contribution in [0, 0.1) is 11.3 Å². The summed E-state index contributed by atoms with van der Waals surface area (Å²) in [6.07, 6.45) is 1.59. The summed E-state index contributed by atoms with van der Waals surface area (Å²) in [4.78, 5) is 4.30. The highest BCUT2D eigenvalue weighted by Crippen LogP contribution is 2.29. The molecular weight excluding hydrogens is 298 g/mol. The van der Waals surface area contributed by atoms with Crippen LogP contribution in [0.15, 0.2) is 54.7 Å². The number of hydrogen-bond acceptors (Lipinski definition) is 4. The van der Waals surface area contributed by atoms with E-state index in [0.29, 0.717) is 5.56 Å². The van der Waals surface area contributed by atoms with Gasteiger partial charge in [-0.05, 0) is 30.3 Å². The zero-order valence-electron chi connectivity index (χ0n) is 11.9. The van der Waals surface area contributed by atoms with Crippen molar-refractivity contribution in [3.8, 4) is 11.8 Å². The van der Waals surface area contributed by atoms with Gasteiger partial charge in [-0.15, -0.1) is 12.4 Å². The summed E-state index contributed by atoms with van der Waals surface area (Å²) in [7, 11) is 1.63. The van der Waals surface area contributed by atoms with E-state index in [1.54, 1.807) is 13.3 Å². The zero-order chi connectivity index (χ0) is 14.7. The molecule has 1 N–H and O–H groups in total. The number of benzene rings is 2. The van der Waals surface area contributed by atoms with Gasteiger partial charge in [0.1, 0.15) is 11.8 Å². The minimum atomic E-state index is 0. The fourth-order valence-electron chi connectivity index (χ4n) is 2.18. The lowest BCUT2D eigenvalue weighted by atomic mass is 10.1. The predicted octanol–water partition coefficient (Wildman–Crippen LogP) is 4.28. The lowest BCUT2D eigenvalue weighted by molar-refractivity contribution is 0.415. The van der Waals surface area contributed by atoms with Gasteiger partial charge in [-0.3, -0.25) is 4.98 Å². The van der Waals surface area contributed by atoms with E-state index < -0.39 is 0 Å². The SMILES string of the molecule is COc1ccc(Nc2c(C#N)cnc3ccccc23)cc1.Cl. The van der Waals surface area contributed by atoms with Crippen LogP contribution in [0.4, 0.5) is 11.4 Å². The predicted molar refractivity (Wildman–Crippen MR) is 90.0 cm³/mol. The van der Waals surface area contributed by atoms with E-state index >= 15 is 0 Å². The highest BCUT2D eigenvalue weighted by molar-refractivity contribution is 5.95. The average Bonchev–Trinajstić information content (AvgIpc) is 2.56. The molecule has 0 aliphatic carbocycles. The number of aromatic nitrogens is 1. The van der Waals surface area contributed by atoms with Crippen molar-refractivity contribution in [2.45, 2.75) is 0 Å². The average molecular weight is 312 g/mol. The Bertz CT molecular complexity index is 825. The molecule has 0 radical (unpaired) electrons. The first-order chi connectivity index (χ1) is 10.3. The summed E-state index contributed by atoms with van der Waals surface area (Å²) in [6.45, 7) is 0. The van der Waals surface area contributed by atoms with Crippen LogP contribution in [0.25, 0.3) is 10.9 Å². The number of rotatable bonds is 3. The fourth-order valence-corrected chi connectivity index (χ4v) is 2.18. The molecule has 0 saturated heterocycles. The van der Waals surface area contributed by atoms with Crippen LogP contribution in [-0.4, -0.2) is 12.1 Å². The van der Waals surface area contributed by atoms with E-state index in [1.165, 1.54) is 0 Å². The number of nitrogens with zero attached hydrogens (tertiary/aromatic N) is 2.